The van der Waals surface area contributed by atoms with Crippen LogP contribution in [0.15, 0.2) is 17.5 Å². The van der Waals surface area contributed by atoms with Gasteiger partial charge in [0.25, 0.3) is 0 Å². The van der Waals surface area contributed by atoms with Gasteiger partial charge in [-0.1, -0.05) is 0 Å². The number of amides is 2. The van der Waals surface area contributed by atoms with Crippen LogP contribution in [0.25, 0.3) is 6.08 Å². The summed E-state index contributed by atoms with van der Waals surface area (Å²) in [7, 11) is 5.14. The lowest BCUT2D eigenvalue weighted by Crippen LogP contribution is -2.35. The highest BCUT2D eigenvalue weighted by molar-refractivity contribution is 7.10. The maximum absolute atomic E-state index is 11.6. The van der Waals surface area contributed by atoms with Crippen molar-refractivity contribution in [2.24, 2.45) is 0 Å². The van der Waals surface area contributed by atoms with E-state index in [1.165, 1.54) is 22.3 Å². The molecule has 0 fully saturated rings. The van der Waals surface area contributed by atoms with Gasteiger partial charge in [-0.2, -0.15) is 0 Å². The zero-order valence-corrected chi connectivity index (χ0v) is 11.4. The lowest BCUT2D eigenvalue weighted by molar-refractivity contribution is -0.131. The normalized spacial score (nSPS) is 10.6. The minimum atomic E-state index is -0.970. The maximum Gasteiger partial charge on any atom is 0.328 e. The number of carbonyl (C=O) groups is 2. The van der Waals surface area contributed by atoms with E-state index in [0.717, 1.165) is 16.5 Å². The average molecular weight is 268 g/mol. The Labute approximate surface area is 110 Å². The predicted molar refractivity (Wildman–Crippen MR) is 71.5 cm³/mol. The highest BCUT2D eigenvalue weighted by Crippen LogP contribution is 2.17. The van der Waals surface area contributed by atoms with E-state index < -0.39 is 5.97 Å². The van der Waals surface area contributed by atoms with Gasteiger partial charge in [0, 0.05) is 32.1 Å². The van der Waals surface area contributed by atoms with Gasteiger partial charge >= 0.3 is 12.0 Å². The molecule has 0 radical (unpaired) electrons. The van der Waals surface area contributed by atoms with Crippen molar-refractivity contribution in [3.63, 3.8) is 0 Å². The summed E-state index contributed by atoms with van der Waals surface area (Å²) < 4.78 is 0. The highest BCUT2D eigenvalue weighted by atomic mass is 32.1. The van der Waals surface area contributed by atoms with E-state index in [-0.39, 0.29) is 6.03 Å². The van der Waals surface area contributed by atoms with Crippen molar-refractivity contribution in [3.8, 4) is 0 Å². The van der Waals surface area contributed by atoms with Crippen LogP contribution in [0.4, 0.5) is 4.79 Å². The smallest absolute Gasteiger partial charge is 0.328 e. The molecule has 2 amide bonds. The molecule has 0 unspecified atom stereocenters. The summed E-state index contributed by atoms with van der Waals surface area (Å²) in [6, 6.07) is 1.81. The van der Waals surface area contributed by atoms with Gasteiger partial charge < -0.3 is 14.9 Å². The third kappa shape index (κ3) is 4.21. The fourth-order valence-corrected chi connectivity index (χ4v) is 2.28. The van der Waals surface area contributed by atoms with Gasteiger partial charge in [-0.05, 0) is 23.1 Å². The van der Waals surface area contributed by atoms with Crippen LogP contribution >= 0.6 is 11.3 Å². The molecule has 18 heavy (non-hydrogen) atoms. The molecule has 0 aromatic carbocycles. The van der Waals surface area contributed by atoms with Crippen molar-refractivity contribution in [2.45, 2.75) is 6.54 Å². The van der Waals surface area contributed by atoms with Gasteiger partial charge in [-0.15, -0.1) is 11.3 Å². The van der Waals surface area contributed by atoms with Gasteiger partial charge in [0.15, 0.2) is 0 Å². The van der Waals surface area contributed by atoms with E-state index >= 15 is 0 Å². The van der Waals surface area contributed by atoms with Crippen LogP contribution in [0.3, 0.4) is 0 Å². The van der Waals surface area contributed by atoms with E-state index in [9.17, 15) is 9.59 Å². The summed E-state index contributed by atoms with van der Waals surface area (Å²) in [5, 5.41) is 10.4. The first kappa shape index (κ1) is 14.2. The predicted octanol–water partition coefficient (Wildman–Crippen LogP) is 1.96. The second-order valence-electron chi connectivity index (χ2n) is 4.05. The van der Waals surface area contributed by atoms with Gasteiger partial charge in [0.2, 0.25) is 0 Å². The molecule has 98 valence electrons. The van der Waals surface area contributed by atoms with E-state index in [2.05, 4.69) is 0 Å². The molecule has 6 heteroatoms. The molecule has 0 saturated carbocycles. The molecular formula is C12H16N2O3S. The number of hydrogen-bond donors (Lipinski definition) is 1. The number of carboxylic acids is 1. The molecule has 1 aromatic heterocycles. The number of rotatable bonds is 4. The number of nitrogens with zero attached hydrogens (tertiary/aromatic N) is 2. The number of carboxylic acid groups (broad SMARTS) is 1. The van der Waals surface area contributed by atoms with Gasteiger partial charge in [0.1, 0.15) is 0 Å². The maximum atomic E-state index is 11.6. The summed E-state index contributed by atoms with van der Waals surface area (Å²) in [6.07, 6.45) is 2.64. The minimum Gasteiger partial charge on any atom is -0.478 e. The first-order valence-corrected chi connectivity index (χ1v) is 6.19. The molecule has 0 bridgehead atoms. The highest BCUT2D eigenvalue weighted by Gasteiger charge is 2.11. The second-order valence-corrected chi connectivity index (χ2v) is 5.05. The molecule has 0 aliphatic carbocycles. The molecule has 0 atom stereocenters. The average Bonchev–Trinajstić information content (AvgIpc) is 2.72. The summed E-state index contributed by atoms with van der Waals surface area (Å²) >= 11 is 1.50. The zero-order chi connectivity index (χ0) is 13.7. The van der Waals surface area contributed by atoms with Gasteiger partial charge in [-0.25, -0.2) is 9.59 Å². The van der Waals surface area contributed by atoms with Crippen molar-refractivity contribution in [2.75, 3.05) is 21.1 Å². The molecule has 0 aliphatic heterocycles. The number of urea groups is 1. The summed E-state index contributed by atoms with van der Waals surface area (Å²) in [4.78, 5) is 26.1. The number of thiophene rings is 1. The minimum absolute atomic E-state index is 0.0639. The lowest BCUT2D eigenvalue weighted by Gasteiger charge is -2.20. The summed E-state index contributed by atoms with van der Waals surface area (Å²) in [6.45, 7) is 0.516. The van der Waals surface area contributed by atoms with E-state index in [1.54, 1.807) is 26.0 Å². The van der Waals surface area contributed by atoms with E-state index in [4.69, 9.17) is 5.11 Å². The van der Waals surface area contributed by atoms with Gasteiger partial charge in [-0.3, -0.25) is 0 Å². The van der Waals surface area contributed by atoms with E-state index in [1.807, 2.05) is 11.4 Å². The Bertz CT molecular complexity index is 466. The molecule has 1 N–H and O–H groups in total. The Kier molecular flexibility index (Phi) is 4.91. The molecular weight excluding hydrogens is 252 g/mol. The number of carbonyl (C=O) groups excluding carboxylic acids is 1. The third-order valence-electron chi connectivity index (χ3n) is 2.19. The Morgan fingerprint density at radius 1 is 1.39 bits per heavy atom. The Morgan fingerprint density at radius 2 is 2.06 bits per heavy atom. The van der Waals surface area contributed by atoms with Crippen LogP contribution in [-0.2, 0) is 11.3 Å². The van der Waals surface area contributed by atoms with Crippen molar-refractivity contribution in [3.05, 3.63) is 28.0 Å². The molecule has 0 spiro atoms. The molecule has 1 aromatic rings. The first-order chi connectivity index (χ1) is 8.40. The number of hydrogen-bond acceptors (Lipinski definition) is 3. The van der Waals surface area contributed by atoms with Crippen molar-refractivity contribution in [1.29, 1.82) is 0 Å². The van der Waals surface area contributed by atoms with E-state index in [0.29, 0.717) is 6.54 Å². The van der Waals surface area contributed by atoms with Crippen molar-refractivity contribution < 1.29 is 14.7 Å². The largest absolute Gasteiger partial charge is 0.478 e. The monoisotopic (exact) mass is 268 g/mol. The van der Waals surface area contributed by atoms with Crippen LogP contribution in [0.2, 0.25) is 0 Å². The van der Waals surface area contributed by atoms with Gasteiger partial charge in [0.05, 0.1) is 6.54 Å². The standard InChI is InChI=1S/C12H16N2O3S/c1-13(2)12(17)14(3)7-10-6-9(8-18-10)4-5-11(15)16/h4-6,8H,7H2,1-3H3,(H,15,16). The molecule has 0 saturated heterocycles. The SMILES string of the molecule is CN(C)C(=O)N(C)Cc1cc(C=CC(=O)O)cs1. The zero-order valence-electron chi connectivity index (χ0n) is 10.6. The third-order valence-corrected chi connectivity index (χ3v) is 3.13. The molecule has 5 nitrogen and oxygen atoms in total. The fourth-order valence-electron chi connectivity index (χ4n) is 1.38. The molecule has 0 aliphatic rings. The van der Waals surface area contributed by atoms with Crippen LogP contribution in [0.1, 0.15) is 10.4 Å². The quantitative estimate of drug-likeness (QED) is 0.849. The number of aliphatic carboxylic acids is 1. The van der Waals surface area contributed by atoms with Crippen LogP contribution < -0.4 is 0 Å². The topological polar surface area (TPSA) is 60.9 Å². The lowest BCUT2D eigenvalue weighted by atomic mass is 10.3. The van der Waals surface area contributed by atoms with Crippen molar-refractivity contribution >= 4 is 29.4 Å². The van der Waals surface area contributed by atoms with Crippen LogP contribution in [0.5, 0.6) is 0 Å². The second kappa shape index (κ2) is 6.20. The van der Waals surface area contributed by atoms with Crippen molar-refractivity contribution in [1.82, 2.24) is 9.80 Å². The molecule has 1 rings (SSSR count). The summed E-state index contributed by atoms with van der Waals surface area (Å²) in [5.41, 5.74) is 0.836. The van der Waals surface area contributed by atoms with Crippen LogP contribution in [-0.4, -0.2) is 48.0 Å². The Balaban J connectivity index is 2.64. The summed E-state index contributed by atoms with van der Waals surface area (Å²) in [5.74, 6) is -0.970. The van der Waals surface area contributed by atoms with Crippen LogP contribution in [0, 0.1) is 0 Å². The fraction of sp³-hybridized carbons (Fsp3) is 0.333. The molecule has 1 heterocycles. The first-order valence-electron chi connectivity index (χ1n) is 5.31. The Hall–Kier alpha value is -1.82. The Morgan fingerprint density at radius 3 is 2.61 bits per heavy atom.